The number of benzene rings is 1. The highest BCUT2D eigenvalue weighted by molar-refractivity contribution is 5.63. The minimum absolute atomic E-state index is 0.0171. The van der Waals surface area contributed by atoms with Crippen LogP contribution in [0, 0.1) is 25.2 Å². The van der Waals surface area contributed by atoms with Gasteiger partial charge in [-0.15, -0.1) is 0 Å². The highest BCUT2D eigenvalue weighted by atomic mass is 16.5. The molecule has 2 aromatic heterocycles. The Bertz CT molecular complexity index is 1030. The van der Waals surface area contributed by atoms with Crippen LogP contribution in [0.4, 0.5) is 0 Å². The summed E-state index contributed by atoms with van der Waals surface area (Å²) in [6.07, 6.45) is 0. The lowest BCUT2D eigenvalue weighted by Gasteiger charge is -2.06. The Labute approximate surface area is 143 Å². The third-order valence-electron chi connectivity index (χ3n) is 3.85. The maximum atomic E-state index is 12.3. The van der Waals surface area contributed by atoms with Crippen molar-refractivity contribution in [2.45, 2.75) is 20.4 Å². The van der Waals surface area contributed by atoms with Crippen molar-refractivity contribution < 1.29 is 9.26 Å². The van der Waals surface area contributed by atoms with Crippen molar-refractivity contribution >= 4 is 0 Å². The molecule has 0 saturated heterocycles. The van der Waals surface area contributed by atoms with E-state index < -0.39 is 5.56 Å². The second kappa shape index (κ2) is 6.57. The Hall–Kier alpha value is -3.47. The zero-order valence-corrected chi connectivity index (χ0v) is 14.0. The zero-order chi connectivity index (χ0) is 18.0. The molecule has 0 aliphatic heterocycles. The van der Waals surface area contributed by atoms with Gasteiger partial charge in [0, 0.05) is 0 Å². The molecule has 0 N–H and O–H groups in total. The molecule has 3 aromatic rings. The van der Waals surface area contributed by atoms with E-state index in [1.165, 1.54) is 0 Å². The number of rotatable bonds is 4. The van der Waals surface area contributed by atoms with Gasteiger partial charge in [-0.05, 0) is 31.5 Å². The van der Waals surface area contributed by atoms with Gasteiger partial charge >= 0.3 is 0 Å². The summed E-state index contributed by atoms with van der Waals surface area (Å²) in [6.45, 7) is 3.41. The van der Waals surface area contributed by atoms with Crippen LogP contribution in [0.5, 0.6) is 5.75 Å². The van der Waals surface area contributed by atoms with E-state index >= 15 is 0 Å². The van der Waals surface area contributed by atoms with Crippen LogP contribution in [0.1, 0.15) is 22.7 Å². The molecule has 1 aromatic carbocycles. The topological polar surface area (TPSA) is 107 Å². The maximum Gasteiger partial charge on any atom is 0.285 e. The number of aryl methyl sites for hydroxylation is 1. The average molecular weight is 337 g/mol. The van der Waals surface area contributed by atoms with Crippen molar-refractivity contribution in [2.75, 3.05) is 7.11 Å². The molecule has 0 bridgehead atoms. The van der Waals surface area contributed by atoms with Crippen LogP contribution in [0.15, 0.2) is 33.6 Å². The third-order valence-corrected chi connectivity index (χ3v) is 3.85. The molecular formula is C17H15N5O3. The van der Waals surface area contributed by atoms with Crippen LogP contribution in [0.25, 0.3) is 11.4 Å². The zero-order valence-electron chi connectivity index (χ0n) is 14.0. The van der Waals surface area contributed by atoms with Gasteiger partial charge in [0.2, 0.25) is 11.7 Å². The molecular weight excluding hydrogens is 322 g/mol. The smallest absolute Gasteiger partial charge is 0.285 e. The molecule has 2 heterocycles. The van der Waals surface area contributed by atoms with Gasteiger partial charge in [0.05, 0.1) is 18.4 Å². The number of hydrogen-bond donors (Lipinski definition) is 0. The second-order valence-electron chi connectivity index (χ2n) is 5.37. The molecule has 0 amide bonds. The first-order chi connectivity index (χ1) is 12.0. The van der Waals surface area contributed by atoms with Gasteiger partial charge in [-0.1, -0.05) is 17.3 Å². The Balaban J connectivity index is 1.97. The molecule has 0 spiro atoms. The molecule has 126 valence electrons. The van der Waals surface area contributed by atoms with E-state index in [9.17, 15) is 4.79 Å². The summed E-state index contributed by atoms with van der Waals surface area (Å²) in [5.41, 5.74) is 1.43. The fraction of sp³-hybridized carbons (Fsp3) is 0.235. The summed E-state index contributed by atoms with van der Waals surface area (Å²) in [5.74, 6) is 1.18. The van der Waals surface area contributed by atoms with Crippen LogP contribution in [0.3, 0.4) is 0 Å². The van der Waals surface area contributed by atoms with E-state index in [2.05, 4.69) is 15.2 Å². The van der Waals surface area contributed by atoms with Crippen molar-refractivity contribution in [3.63, 3.8) is 0 Å². The first-order valence-corrected chi connectivity index (χ1v) is 7.49. The van der Waals surface area contributed by atoms with E-state index in [0.29, 0.717) is 28.4 Å². The van der Waals surface area contributed by atoms with Crippen molar-refractivity contribution in [3.05, 3.63) is 57.3 Å². The quantitative estimate of drug-likeness (QED) is 0.715. The predicted molar refractivity (Wildman–Crippen MR) is 88.1 cm³/mol. The summed E-state index contributed by atoms with van der Waals surface area (Å²) < 4.78 is 11.7. The SMILES string of the molecule is COc1ccccc1-c1noc(Cn2nc(C)c(C)c(C#N)c2=O)n1. The molecule has 0 aliphatic rings. The number of hydrogen-bond acceptors (Lipinski definition) is 7. The van der Waals surface area contributed by atoms with Crippen LogP contribution in [0.2, 0.25) is 0 Å². The Morgan fingerprint density at radius 2 is 2.08 bits per heavy atom. The summed E-state index contributed by atoms with van der Waals surface area (Å²) in [6, 6.07) is 9.19. The molecule has 0 radical (unpaired) electrons. The van der Waals surface area contributed by atoms with Crippen molar-refractivity contribution in [3.8, 4) is 23.2 Å². The molecule has 8 heteroatoms. The van der Waals surface area contributed by atoms with Crippen molar-refractivity contribution in [1.82, 2.24) is 19.9 Å². The number of nitriles is 1. The number of methoxy groups -OCH3 is 1. The van der Waals surface area contributed by atoms with Gasteiger partial charge in [-0.3, -0.25) is 4.79 Å². The summed E-state index contributed by atoms with van der Waals surface area (Å²) in [4.78, 5) is 16.6. The lowest BCUT2D eigenvalue weighted by Crippen LogP contribution is -2.28. The van der Waals surface area contributed by atoms with E-state index in [4.69, 9.17) is 14.5 Å². The first-order valence-electron chi connectivity index (χ1n) is 7.49. The van der Waals surface area contributed by atoms with Crippen molar-refractivity contribution in [2.24, 2.45) is 0 Å². The van der Waals surface area contributed by atoms with Gasteiger partial charge in [0.1, 0.15) is 23.9 Å². The van der Waals surface area contributed by atoms with E-state index in [0.717, 1.165) is 4.68 Å². The monoisotopic (exact) mass is 337 g/mol. The van der Waals surface area contributed by atoms with Crippen LogP contribution in [-0.4, -0.2) is 27.0 Å². The molecule has 0 unspecified atom stereocenters. The fourth-order valence-electron chi connectivity index (χ4n) is 2.40. The maximum absolute atomic E-state index is 12.3. The summed E-state index contributed by atoms with van der Waals surface area (Å²) in [5, 5.41) is 17.3. The van der Waals surface area contributed by atoms with Gasteiger partial charge in [0.15, 0.2) is 0 Å². The summed E-state index contributed by atoms with van der Waals surface area (Å²) >= 11 is 0. The van der Waals surface area contributed by atoms with E-state index in [1.807, 2.05) is 24.3 Å². The van der Waals surface area contributed by atoms with Gasteiger partial charge in [-0.25, -0.2) is 4.68 Å². The molecule has 3 rings (SSSR count). The normalized spacial score (nSPS) is 10.5. The third kappa shape index (κ3) is 2.99. The standard InChI is InChI=1S/C17H15N5O3/c1-10-11(2)20-22(17(23)13(10)8-18)9-15-19-16(21-25-15)12-6-4-5-7-14(12)24-3/h4-7H,9H2,1-3H3. The first kappa shape index (κ1) is 16.4. The number of nitrogens with zero attached hydrogens (tertiary/aromatic N) is 5. The van der Waals surface area contributed by atoms with E-state index in [-0.39, 0.29) is 18.0 Å². The molecule has 0 aliphatic carbocycles. The van der Waals surface area contributed by atoms with Gasteiger partial charge in [0.25, 0.3) is 5.56 Å². The van der Waals surface area contributed by atoms with Crippen LogP contribution >= 0.6 is 0 Å². The Morgan fingerprint density at radius 1 is 1.32 bits per heavy atom. The minimum atomic E-state index is -0.484. The van der Waals surface area contributed by atoms with Crippen molar-refractivity contribution in [1.29, 1.82) is 5.26 Å². The number of aromatic nitrogens is 4. The minimum Gasteiger partial charge on any atom is -0.496 e. The summed E-state index contributed by atoms with van der Waals surface area (Å²) in [7, 11) is 1.56. The Morgan fingerprint density at radius 3 is 2.80 bits per heavy atom. The lowest BCUT2D eigenvalue weighted by atomic mass is 10.1. The fourth-order valence-corrected chi connectivity index (χ4v) is 2.40. The highest BCUT2D eigenvalue weighted by Gasteiger charge is 2.16. The molecule has 8 nitrogen and oxygen atoms in total. The predicted octanol–water partition coefficient (Wildman–Crippen LogP) is 1.84. The van der Waals surface area contributed by atoms with Crippen LogP contribution in [-0.2, 0) is 6.54 Å². The Kier molecular flexibility index (Phi) is 4.31. The molecule has 0 atom stereocenters. The second-order valence-corrected chi connectivity index (χ2v) is 5.37. The van der Waals surface area contributed by atoms with Gasteiger partial charge < -0.3 is 9.26 Å². The van der Waals surface area contributed by atoms with Gasteiger partial charge in [-0.2, -0.15) is 15.3 Å². The number of ether oxygens (including phenoxy) is 1. The molecule has 0 saturated carbocycles. The van der Waals surface area contributed by atoms with E-state index in [1.54, 1.807) is 27.0 Å². The lowest BCUT2D eigenvalue weighted by molar-refractivity contribution is 0.362. The largest absolute Gasteiger partial charge is 0.496 e. The highest BCUT2D eigenvalue weighted by Crippen LogP contribution is 2.27. The molecule has 25 heavy (non-hydrogen) atoms. The average Bonchev–Trinajstić information content (AvgIpc) is 3.08. The molecule has 0 fully saturated rings. The number of para-hydroxylation sites is 1. The van der Waals surface area contributed by atoms with Crippen LogP contribution < -0.4 is 10.3 Å².